The standard InChI is InChI=1S/C23H20Cl2N4O2S2/c1-12(2)32-22-19(15-5-4-8-26-11-15)27-23(33-22)29-20(21(30)31)17(13(3)28-29)9-14-6-7-16(24)10-18(14)25/h4-8,10-12H,9H2,1-3H3,(H,30,31). The number of carboxylic acids is 1. The summed E-state index contributed by atoms with van der Waals surface area (Å²) in [5.74, 6) is -1.08. The average molecular weight is 519 g/mol. The minimum Gasteiger partial charge on any atom is -0.476 e. The Hall–Kier alpha value is -2.39. The third-order valence-corrected chi connectivity index (χ3v) is 7.64. The lowest BCUT2D eigenvalue weighted by molar-refractivity contribution is 0.0686. The van der Waals surface area contributed by atoms with E-state index < -0.39 is 5.97 Å². The molecule has 0 fully saturated rings. The topological polar surface area (TPSA) is 80.9 Å². The molecule has 170 valence electrons. The lowest BCUT2D eigenvalue weighted by atomic mass is 10.0. The van der Waals surface area contributed by atoms with Gasteiger partial charge in [-0.3, -0.25) is 4.98 Å². The molecule has 0 bridgehead atoms. The van der Waals surface area contributed by atoms with E-state index in [4.69, 9.17) is 28.2 Å². The van der Waals surface area contributed by atoms with Crippen molar-refractivity contribution in [1.29, 1.82) is 0 Å². The Morgan fingerprint density at radius 2 is 2.06 bits per heavy atom. The van der Waals surface area contributed by atoms with Crippen LogP contribution in [-0.4, -0.2) is 36.1 Å². The van der Waals surface area contributed by atoms with E-state index in [0.717, 1.165) is 21.0 Å². The number of hydrogen-bond donors (Lipinski definition) is 1. The van der Waals surface area contributed by atoms with Crippen molar-refractivity contribution in [3.8, 4) is 16.4 Å². The zero-order chi connectivity index (χ0) is 23.7. The maximum Gasteiger partial charge on any atom is 0.355 e. The highest BCUT2D eigenvalue weighted by atomic mass is 35.5. The van der Waals surface area contributed by atoms with E-state index >= 15 is 0 Å². The number of benzene rings is 1. The molecule has 0 aliphatic heterocycles. The number of aromatic nitrogens is 4. The smallest absolute Gasteiger partial charge is 0.355 e. The first-order valence-corrected chi connectivity index (χ1v) is 12.5. The summed E-state index contributed by atoms with van der Waals surface area (Å²) >= 11 is 15.5. The van der Waals surface area contributed by atoms with Gasteiger partial charge in [-0.05, 0) is 36.8 Å². The number of aryl methyl sites for hydroxylation is 1. The van der Waals surface area contributed by atoms with Crippen LogP contribution >= 0.6 is 46.3 Å². The Bertz CT molecular complexity index is 1320. The summed E-state index contributed by atoms with van der Waals surface area (Å²) in [6.07, 6.45) is 3.78. The van der Waals surface area contributed by atoms with Crippen molar-refractivity contribution in [2.24, 2.45) is 0 Å². The van der Waals surface area contributed by atoms with E-state index in [1.807, 2.05) is 12.1 Å². The highest BCUT2D eigenvalue weighted by molar-refractivity contribution is 8.01. The fourth-order valence-electron chi connectivity index (χ4n) is 3.35. The van der Waals surface area contributed by atoms with Crippen LogP contribution in [0.15, 0.2) is 46.9 Å². The van der Waals surface area contributed by atoms with Gasteiger partial charge in [-0.15, -0.1) is 11.8 Å². The van der Waals surface area contributed by atoms with E-state index in [2.05, 4.69) is 23.9 Å². The number of thioether (sulfide) groups is 1. The van der Waals surface area contributed by atoms with Crippen LogP contribution in [0.5, 0.6) is 0 Å². The molecule has 0 unspecified atom stereocenters. The van der Waals surface area contributed by atoms with Gasteiger partial charge in [0.25, 0.3) is 0 Å². The molecule has 1 N–H and O–H groups in total. The van der Waals surface area contributed by atoms with Crippen LogP contribution in [0, 0.1) is 6.92 Å². The summed E-state index contributed by atoms with van der Waals surface area (Å²) in [5, 5.41) is 16.5. The SMILES string of the molecule is Cc1nn(-c2nc(-c3cccnc3)c(SC(C)C)s2)c(C(=O)O)c1Cc1ccc(Cl)cc1Cl. The maximum atomic E-state index is 12.3. The highest BCUT2D eigenvalue weighted by Gasteiger charge is 2.26. The zero-order valence-corrected chi connectivity index (χ0v) is 21.2. The van der Waals surface area contributed by atoms with Crippen LogP contribution in [0.4, 0.5) is 0 Å². The summed E-state index contributed by atoms with van der Waals surface area (Å²) in [6.45, 7) is 6.00. The first-order valence-electron chi connectivity index (χ1n) is 10.1. The number of rotatable bonds is 7. The number of carbonyl (C=O) groups is 1. The van der Waals surface area contributed by atoms with E-state index in [1.165, 1.54) is 16.0 Å². The number of thiazole rings is 1. The van der Waals surface area contributed by atoms with Gasteiger partial charge in [0.2, 0.25) is 5.13 Å². The largest absolute Gasteiger partial charge is 0.476 e. The molecule has 0 aliphatic rings. The van der Waals surface area contributed by atoms with Crippen molar-refractivity contribution < 1.29 is 9.90 Å². The molecule has 0 saturated carbocycles. The molecule has 0 radical (unpaired) electrons. The van der Waals surface area contributed by atoms with E-state index in [-0.39, 0.29) is 5.69 Å². The van der Waals surface area contributed by atoms with Crippen molar-refractivity contribution in [3.63, 3.8) is 0 Å². The number of aromatic carboxylic acids is 1. The molecular formula is C23H20Cl2N4O2S2. The van der Waals surface area contributed by atoms with Gasteiger partial charge in [0, 0.05) is 45.2 Å². The van der Waals surface area contributed by atoms with Crippen molar-refractivity contribution in [1.82, 2.24) is 19.7 Å². The fraction of sp³-hybridized carbons (Fsp3) is 0.217. The van der Waals surface area contributed by atoms with Gasteiger partial charge >= 0.3 is 5.97 Å². The van der Waals surface area contributed by atoms with Gasteiger partial charge in [-0.25, -0.2) is 9.78 Å². The molecule has 0 atom stereocenters. The average Bonchev–Trinajstić information content (AvgIpc) is 3.31. The molecule has 1 aromatic carbocycles. The Kier molecular flexibility index (Phi) is 7.09. The molecule has 0 amide bonds. The van der Waals surface area contributed by atoms with Gasteiger partial charge in [0.1, 0.15) is 0 Å². The Labute approximate surface area is 209 Å². The van der Waals surface area contributed by atoms with Gasteiger partial charge in [-0.2, -0.15) is 9.78 Å². The number of carboxylic acid groups (broad SMARTS) is 1. The second-order valence-electron chi connectivity index (χ2n) is 7.58. The minimum atomic E-state index is -1.08. The maximum absolute atomic E-state index is 12.3. The molecule has 4 aromatic rings. The monoisotopic (exact) mass is 518 g/mol. The molecule has 33 heavy (non-hydrogen) atoms. The molecular weight excluding hydrogens is 499 g/mol. The lowest BCUT2D eigenvalue weighted by Crippen LogP contribution is -2.10. The summed E-state index contributed by atoms with van der Waals surface area (Å²) in [6, 6.07) is 8.98. The predicted octanol–water partition coefficient (Wildman–Crippen LogP) is 6.80. The molecule has 3 heterocycles. The van der Waals surface area contributed by atoms with Crippen LogP contribution in [-0.2, 0) is 6.42 Å². The Balaban J connectivity index is 1.83. The Morgan fingerprint density at radius 1 is 1.27 bits per heavy atom. The molecule has 10 heteroatoms. The van der Waals surface area contributed by atoms with Gasteiger partial charge in [0.15, 0.2) is 5.69 Å². The van der Waals surface area contributed by atoms with Gasteiger partial charge < -0.3 is 5.11 Å². The third kappa shape index (κ3) is 5.09. The minimum absolute atomic E-state index is 0.0751. The van der Waals surface area contributed by atoms with E-state index in [0.29, 0.717) is 38.1 Å². The Morgan fingerprint density at radius 3 is 2.70 bits per heavy atom. The molecule has 6 nitrogen and oxygen atoms in total. The first kappa shape index (κ1) is 23.8. The molecule has 0 saturated heterocycles. The molecule has 3 aromatic heterocycles. The quantitative estimate of drug-likeness (QED) is 0.271. The first-order chi connectivity index (χ1) is 15.7. The summed E-state index contributed by atoms with van der Waals surface area (Å²) < 4.78 is 2.41. The molecule has 0 spiro atoms. The van der Waals surface area contributed by atoms with Crippen molar-refractivity contribution in [2.75, 3.05) is 0 Å². The summed E-state index contributed by atoms with van der Waals surface area (Å²) in [4.78, 5) is 21.3. The third-order valence-electron chi connectivity index (χ3n) is 4.81. The number of halogens is 2. The summed E-state index contributed by atoms with van der Waals surface area (Å²) in [5.41, 5.74) is 3.69. The second kappa shape index (κ2) is 9.85. The second-order valence-corrected chi connectivity index (χ2v) is 11.2. The summed E-state index contributed by atoms with van der Waals surface area (Å²) in [7, 11) is 0. The van der Waals surface area contributed by atoms with Crippen LogP contribution < -0.4 is 0 Å². The van der Waals surface area contributed by atoms with E-state index in [1.54, 1.807) is 49.3 Å². The van der Waals surface area contributed by atoms with Crippen molar-refractivity contribution in [2.45, 2.75) is 36.7 Å². The van der Waals surface area contributed by atoms with Crippen LogP contribution in [0.1, 0.15) is 41.2 Å². The van der Waals surface area contributed by atoms with Gasteiger partial charge in [0.05, 0.1) is 15.6 Å². The van der Waals surface area contributed by atoms with E-state index in [9.17, 15) is 9.90 Å². The zero-order valence-electron chi connectivity index (χ0n) is 18.0. The molecule has 0 aliphatic carbocycles. The van der Waals surface area contributed by atoms with Crippen LogP contribution in [0.3, 0.4) is 0 Å². The molecule has 4 rings (SSSR count). The number of hydrogen-bond acceptors (Lipinski definition) is 6. The van der Waals surface area contributed by atoms with Crippen LogP contribution in [0.2, 0.25) is 10.0 Å². The lowest BCUT2D eigenvalue weighted by Gasteiger charge is -2.06. The van der Waals surface area contributed by atoms with Crippen molar-refractivity contribution in [3.05, 3.63) is 75.3 Å². The normalized spacial score (nSPS) is 11.3. The highest BCUT2D eigenvalue weighted by Crippen LogP contribution is 2.40. The number of nitrogens with zero attached hydrogens (tertiary/aromatic N) is 4. The fourth-order valence-corrected chi connectivity index (χ4v) is 6.30. The number of pyridine rings is 1. The van der Waals surface area contributed by atoms with Crippen molar-refractivity contribution >= 4 is 52.3 Å². The predicted molar refractivity (Wildman–Crippen MR) is 134 cm³/mol. The van der Waals surface area contributed by atoms with Crippen LogP contribution in [0.25, 0.3) is 16.4 Å². The van der Waals surface area contributed by atoms with Gasteiger partial charge in [-0.1, -0.05) is 54.5 Å².